The predicted molar refractivity (Wildman–Crippen MR) is 80.3 cm³/mol. The maximum Gasteiger partial charge on any atom is 0.125 e. The smallest absolute Gasteiger partial charge is 0.125 e. The van der Waals surface area contributed by atoms with Crippen molar-refractivity contribution in [2.75, 3.05) is 0 Å². The predicted octanol–water partition coefficient (Wildman–Crippen LogP) is 5.04. The van der Waals surface area contributed by atoms with Crippen molar-refractivity contribution in [3.8, 4) is 11.1 Å². The van der Waals surface area contributed by atoms with Gasteiger partial charge in [-0.2, -0.15) is 0 Å². The Morgan fingerprint density at radius 1 is 0.714 bits per heavy atom. The van der Waals surface area contributed by atoms with Gasteiger partial charge in [-0.15, -0.1) is 0 Å². The molecule has 2 heterocycles. The summed E-state index contributed by atoms with van der Waals surface area (Å²) in [5.74, 6) is -0.533. The van der Waals surface area contributed by atoms with Crippen LogP contribution >= 0.6 is 0 Å². The summed E-state index contributed by atoms with van der Waals surface area (Å²) in [7, 11) is 0. The topological polar surface area (TPSA) is 4.41 Å². The van der Waals surface area contributed by atoms with Crippen LogP contribution in [0.25, 0.3) is 27.5 Å². The Morgan fingerprint density at radius 2 is 1.48 bits per heavy atom. The van der Waals surface area contributed by atoms with Gasteiger partial charge in [0.05, 0.1) is 11.0 Å². The summed E-state index contributed by atoms with van der Waals surface area (Å²) >= 11 is 0. The fraction of sp³-hybridized carbons (Fsp3) is 0. The second-order valence-corrected chi connectivity index (χ2v) is 5.00. The van der Waals surface area contributed by atoms with Crippen molar-refractivity contribution in [2.24, 2.45) is 0 Å². The first-order valence-corrected chi connectivity index (χ1v) is 6.68. The number of halogens is 2. The van der Waals surface area contributed by atoms with Crippen LogP contribution in [0.15, 0.2) is 66.9 Å². The van der Waals surface area contributed by atoms with Gasteiger partial charge in [-0.1, -0.05) is 18.2 Å². The Hall–Kier alpha value is -2.68. The third kappa shape index (κ3) is 1.82. The van der Waals surface area contributed by atoms with Crippen LogP contribution in [0, 0.1) is 11.6 Å². The summed E-state index contributed by atoms with van der Waals surface area (Å²) < 4.78 is 28.7. The number of aromatic nitrogens is 1. The molecule has 0 bridgehead atoms. The fourth-order valence-electron chi connectivity index (χ4n) is 2.83. The van der Waals surface area contributed by atoms with Crippen LogP contribution < -0.4 is 0 Å². The fourth-order valence-corrected chi connectivity index (χ4v) is 2.83. The molecule has 21 heavy (non-hydrogen) atoms. The number of fused-ring (bicyclic) bond motifs is 3. The van der Waals surface area contributed by atoms with E-state index in [-0.39, 0.29) is 11.6 Å². The Morgan fingerprint density at radius 3 is 2.29 bits per heavy atom. The SMILES string of the molecule is Fc1ccc(-c2c3ccc(F)cc3n3ccccc23)cc1. The maximum absolute atomic E-state index is 13.6. The van der Waals surface area contributed by atoms with Crippen LogP contribution in [0.3, 0.4) is 0 Å². The van der Waals surface area contributed by atoms with Gasteiger partial charge in [0.15, 0.2) is 0 Å². The summed E-state index contributed by atoms with van der Waals surface area (Å²) in [5, 5.41) is 0.953. The number of hydrogen-bond donors (Lipinski definition) is 0. The zero-order valence-corrected chi connectivity index (χ0v) is 11.1. The first-order chi connectivity index (χ1) is 10.2. The molecule has 0 aliphatic rings. The van der Waals surface area contributed by atoms with Crippen molar-refractivity contribution in [1.29, 1.82) is 0 Å². The first kappa shape index (κ1) is 12.1. The molecule has 0 saturated carbocycles. The zero-order valence-electron chi connectivity index (χ0n) is 11.1. The van der Waals surface area contributed by atoms with E-state index in [9.17, 15) is 8.78 Å². The number of nitrogens with zero attached hydrogens (tertiary/aromatic N) is 1. The number of benzene rings is 2. The third-order valence-electron chi connectivity index (χ3n) is 3.74. The number of pyridine rings is 1. The summed E-state index contributed by atoms with van der Waals surface area (Å²) in [4.78, 5) is 0. The lowest BCUT2D eigenvalue weighted by Crippen LogP contribution is -1.82. The lowest BCUT2D eigenvalue weighted by molar-refractivity contribution is 0.628. The zero-order chi connectivity index (χ0) is 14.4. The largest absolute Gasteiger partial charge is 0.316 e. The molecule has 4 rings (SSSR count). The molecule has 2 aromatic carbocycles. The van der Waals surface area contributed by atoms with E-state index < -0.39 is 0 Å². The second-order valence-electron chi connectivity index (χ2n) is 5.00. The van der Waals surface area contributed by atoms with Gasteiger partial charge in [-0.25, -0.2) is 8.78 Å². The molecule has 0 fully saturated rings. The van der Waals surface area contributed by atoms with Crippen molar-refractivity contribution in [3.05, 3.63) is 78.5 Å². The van der Waals surface area contributed by atoms with Crippen molar-refractivity contribution >= 4 is 16.4 Å². The molecule has 0 amide bonds. The Labute approximate surface area is 120 Å². The van der Waals surface area contributed by atoms with Crippen LogP contribution in [-0.2, 0) is 0 Å². The van der Waals surface area contributed by atoms with Crippen molar-refractivity contribution in [2.45, 2.75) is 0 Å². The van der Waals surface area contributed by atoms with Gasteiger partial charge >= 0.3 is 0 Å². The molecule has 4 aromatic rings. The standard InChI is InChI=1S/C18H11F2N/c19-13-6-4-12(5-7-13)18-15-9-8-14(20)11-17(15)21-10-2-1-3-16(18)21/h1-11H. The minimum absolute atomic E-state index is 0.266. The maximum atomic E-state index is 13.6. The minimum Gasteiger partial charge on any atom is -0.316 e. The summed E-state index contributed by atoms with van der Waals surface area (Å²) in [6.45, 7) is 0. The third-order valence-corrected chi connectivity index (χ3v) is 3.74. The van der Waals surface area contributed by atoms with Gasteiger partial charge in [0.25, 0.3) is 0 Å². The highest BCUT2D eigenvalue weighted by Crippen LogP contribution is 2.35. The molecule has 3 heteroatoms. The van der Waals surface area contributed by atoms with E-state index in [1.165, 1.54) is 24.3 Å². The highest BCUT2D eigenvalue weighted by molar-refractivity contribution is 6.05. The monoisotopic (exact) mass is 279 g/mol. The lowest BCUT2D eigenvalue weighted by Gasteiger charge is -2.01. The molecule has 0 atom stereocenters. The number of hydrogen-bond acceptors (Lipinski definition) is 0. The Kier molecular flexibility index (Phi) is 2.54. The van der Waals surface area contributed by atoms with E-state index >= 15 is 0 Å². The molecule has 1 nitrogen and oxygen atoms in total. The molecular weight excluding hydrogens is 268 g/mol. The van der Waals surface area contributed by atoms with E-state index in [0.29, 0.717) is 0 Å². The quantitative estimate of drug-likeness (QED) is 0.460. The van der Waals surface area contributed by atoms with Crippen molar-refractivity contribution in [3.63, 3.8) is 0 Å². The van der Waals surface area contributed by atoms with Gasteiger partial charge in [-0.3, -0.25) is 0 Å². The Balaban J connectivity index is 2.17. The van der Waals surface area contributed by atoms with Gasteiger partial charge in [0, 0.05) is 17.1 Å². The van der Waals surface area contributed by atoms with Crippen molar-refractivity contribution < 1.29 is 8.78 Å². The first-order valence-electron chi connectivity index (χ1n) is 6.68. The lowest BCUT2D eigenvalue weighted by atomic mass is 10.0. The molecule has 0 N–H and O–H groups in total. The van der Waals surface area contributed by atoms with E-state index in [1.807, 2.05) is 28.8 Å². The molecule has 0 aliphatic heterocycles. The van der Waals surface area contributed by atoms with Crippen LogP contribution in [0.5, 0.6) is 0 Å². The molecule has 0 unspecified atom stereocenters. The van der Waals surface area contributed by atoms with E-state index in [4.69, 9.17) is 0 Å². The number of rotatable bonds is 1. The molecule has 102 valence electrons. The molecule has 0 aliphatic carbocycles. The van der Waals surface area contributed by atoms with Gasteiger partial charge in [-0.05, 0) is 48.0 Å². The summed E-state index contributed by atoms with van der Waals surface area (Å²) in [6, 6.07) is 17.0. The van der Waals surface area contributed by atoms with Crippen LogP contribution in [0.4, 0.5) is 8.78 Å². The van der Waals surface area contributed by atoms with Gasteiger partial charge < -0.3 is 4.40 Å². The van der Waals surface area contributed by atoms with E-state index in [1.54, 1.807) is 18.2 Å². The average molecular weight is 279 g/mol. The van der Waals surface area contributed by atoms with Crippen LogP contribution in [0.2, 0.25) is 0 Å². The normalized spacial score (nSPS) is 11.3. The summed E-state index contributed by atoms with van der Waals surface area (Å²) in [5.41, 5.74) is 3.70. The van der Waals surface area contributed by atoms with Crippen molar-refractivity contribution in [1.82, 2.24) is 4.40 Å². The van der Waals surface area contributed by atoms with Crippen LogP contribution in [0.1, 0.15) is 0 Å². The average Bonchev–Trinajstić information content (AvgIpc) is 2.82. The highest BCUT2D eigenvalue weighted by Gasteiger charge is 2.13. The minimum atomic E-state index is -0.267. The molecule has 0 radical (unpaired) electrons. The van der Waals surface area contributed by atoms with E-state index in [2.05, 4.69) is 0 Å². The van der Waals surface area contributed by atoms with Gasteiger partial charge in [0.2, 0.25) is 0 Å². The molecule has 0 saturated heterocycles. The highest BCUT2D eigenvalue weighted by atomic mass is 19.1. The van der Waals surface area contributed by atoms with Gasteiger partial charge in [0.1, 0.15) is 11.6 Å². The molecule has 2 aromatic heterocycles. The van der Waals surface area contributed by atoms with E-state index in [0.717, 1.165) is 27.5 Å². The summed E-state index contributed by atoms with van der Waals surface area (Å²) in [6.07, 6.45) is 1.91. The second kappa shape index (κ2) is 4.42. The molecule has 0 spiro atoms. The Bertz CT molecular complexity index is 952. The molecular formula is C18H11F2N. The van der Waals surface area contributed by atoms with Crippen LogP contribution in [-0.4, -0.2) is 4.40 Å².